The van der Waals surface area contributed by atoms with Crippen LogP contribution in [0.2, 0.25) is 0 Å². The van der Waals surface area contributed by atoms with Crippen LogP contribution in [0.1, 0.15) is 31.4 Å². The van der Waals surface area contributed by atoms with Gasteiger partial charge in [-0.25, -0.2) is 0 Å². The maximum Gasteiger partial charge on any atom is 0.308 e. The van der Waals surface area contributed by atoms with Gasteiger partial charge >= 0.3 is 5.97 Å². The molecule has 1 aromatic rings. The predicted octanol–water partition coefficient (Wildman–Crippen LogP) is 2.43. The molecule has 1 aliphatic rings. The molecule has 2 atom stereocenters. The summed E-state index contributed by atoms with van der Waals surface area (Å²) in [6.07, 6.45) is 5.49. The smallest absolute Gasteiger partial charge is 0.308 e. The Morgan fingerprint density at radius 2 is 2.24 bits per heavy atom. The molecule has 96 valence electrons. The Kier molecular flexibility index (Phi) is 5.51. The lowest BCUT2D eigenvalue weighted by atomic mass is 9.84. The number of hydrogen-bond donors (Lipinski definition) is 2. The van der Waals surface area contributed by atoms with E-state index in [1.807, 2.05) is 12.1 Å². The molecular weight excluding hydrogens is 242 g/mol. The molecule has 0 bridgehead atoms. The van der Waals surface area contributed by atoms with Gasteiger partial charge in [0.15, 0.2) is 0 Å². The first-order valence-corrected chi connectivity index (χ1v) is 5.76. The van der Waals surface area contributed by atoms with E-state index in [9.17, 15) is 4.79 Å². The van der Waals surface area contributed by atoms with Crippen LogP contribution >= 0.6 is 12.4 Å². The van der Waals surface area contributed by atoms with Crippen molar-refractivity contribution in [2.24, 2.45) is 5.92 Å². The third-order valence-electron chi connectivity index (χ3n) is 3.20. The molecule has 5 heteroatoms. The van der Waals surface area contributed by atoms with Crippen molar-refractivity contribution in [2.45, 2.75) is 38.3 Å². The monoisotopic (exact) mass is 259 g/mol. The fourth-order valence-electron chi connectivity index (χ4n) is 2.32. The highest BCUT2D eigenvalue weighted by atomic mass is 35.5. The lowest BCUT2D eigenvalue weighted by Crippen LogP contribution is -2.41. The van der Waals surface area contributed by atoms with E-state index in [1.54, 1.807) is 6.26 Å². The molecule has 0 spiro atoms. The zero-order valence-corrected chi connectivity index (χ0v) is 10.4. The minimum atomic E-state index is -0.684. The molecule has 1 aromatic heterocycles. The van der Waals surface area contributed by atoms with Crippen LogP contribution < -0.4 is 5.32 Å². The average molecular weight is 260 g/mol. The maximum absolute atomic E-state index is 11.1. The third-order valence-corrected chi connectivity index (χ3v) is 3.20. The fraction of sp³-hybridized carbons (Fsp3) is 0.583. The van der Waals surface area contributed by atoms with E-state index in [2.05, 4.69) is 5.32 Å². The first kappa shape index (κ1) is 14.1. The van der Waals surface area contributed by atoms with Crippen LogP contribution in [0.15, 0.2) is 22.8 Å². The van der Waals surface area contributed by atoms with Gasteiger partial charge in [0.25, 0.3) is 0 Å². The standard InChI is InChI=1S/C12H17NO3.ClH/c14-12(15)10-5-1-2-6-11(10)13-8-9-4-3-7-16-9;/h3-4,7,10-11,13H,1-2,5-6,8H2,(H,14,15);1H. The van der Waals surface area contributed by atoms with Crippen molar-refractivity contribution in [3.05, 3.63) is 24.2 Å². The maximum atomic E-state index is 11.1. The highest BCUT2D eigenvalue weighted by Crippen LogP contribution is 2.24. The Morgan fingerprint density at radius 3 is 2.88 bits per heavy atom. The fourth-order valence-corrected chi connectivity index (χ4v) is 2.32. The molecule has 0 aromatic carbocycles. The second kappa shape index (κ2) is 6.67. The lowest BCUT2D eigenvalue weighted by Gasteiger charge is -2.29. The molecular formula is C12H18ClNO3. The molecule has 1 heterocycles. The van der Waals surface area contributed by atoms with Crippen molar-refractivity contribution in [1.82, 2.24) is 5.32 Å². The summed E-state index contributed by atoms with van der Waals surface area (Å²) in [4.78, 5) is 11.1. The quantitative estimate of drug-likeness (QED) is 0.872. The van der Waals surface area contributed by atoms with Gasteiger partial charge in [0, 0.05) is 6.04 Å². The van der Waals surface area contributed by atoms with E-state index in [0.29, 0.717) is 6.54 Å². The number of nitrogens with one attached hydrogen (secondary N) is 1. The highest BCUT2D eigenvalue weighted by Gasteiger charge is 2.30. The van der Waals surface area contributed by atoms with Gasteiger partial charge in [0.05, 0.1) is 18.7 Å². The molecule has 2 rings (SSSR count). The Bertz CT molecular complexity index is 340. The van der Waals surface area contributed by atoms with E-state index >= 15 is 0 Å². The van der Waals surface area contributed by atoms with Gasteiger partial charge in [-0.05, 0) is 25.0 Å². The van der Waals surface area contributed by atoms with E-state index in [1.165, 1.54) is 0 Å². The van der Waals surface area contributed by atoms with E-state index in [0.717, 1.165) is 31.4 Å². The Balaban J connectivity index is 0.00000144. The molecule has 2 N–H and O–H groups in total. The average Bonchev–Trinajstić information content (AvgIpc) is 2.79. The largest absolute Gasteiger partial charge is 0.481 e. The predicted molar refractivity (Wildman–Crippen MR) is 66.2 cm³/mol. The Hall–Kier alpha value is -1.00. The van der Waals surface area contributed by atoms with Gasteiger partial charge in [-0.15, -0.1) is 12.4 Å². The number of rotatable bonds is 4. The number of carbonyl (C=O) groups is 1. The Labute approximate surface area is 107 Å². The summed E-state index contributed by atoms with van der Waals surface area (Å²) in [5, 5.41) is 12.4. The summed E-state index contributed by atoms with van der Waals surface area (Å²) in [6.45, 7) is 0.613. The van der Waals surface area contributed by atoms with Gasteiger partial charge in [0.1, 0.15) is 5.76 Å². The van der Waals surface area contributed by atoms with Gasteiger partial charge < -0.3 is 14.8 Å². The van der Waals surface area contributed by atoms with Crippen LogP contribution in [0.4, 0.5) is 0 Å². The first-order chi connectivity index (χ1) is 7.77. The molecule has 0 amide bonds. The Morgan fingerprint density at radius 1 is 1.47 bits per heavy atom. The molecule has 1 fully saturated rings. The van der Waals surface area contributed by atoms with E-state index in [4.69, 9.17) is 9.52 Å². The summed E-state index contributed by atoms with van der Waals surface area (Å²) in [6, 6.07) is 3.81. The normalized spacial score (nSPS) is 24.0. The van der Waals surface area contributed by atoms with Crippen LogP contribution in [0.3, 0.4) is 0 Å². The number of carboxylic acid groups (broad SMARTS) is 1. The first-order valence-electron chi connectivity index (χ1n) is 5.76. The molecule has 2 unspecified atom stereocenters. The molecule has 4 nitrogen and oxygen atoms in total. The summed E-state index contributed by atoms with van der Waals surface area (Å²) in [5.41, 5.74) is 0. The number of halogens is 1. The van der Waals surface area contributed by atoms with Crippen LogP contribution in [0, 0.1) is 5.92 Å². The number of furan rings is 1. The number of carboxylic acids is 1. The summed E-state index contributed by atoms with van der Waals surface area (Å²) in [5.74, 6) is -0.0740. The highest BCUT2D eigenvalue weighted by molar-refractivity contribution is 5.85. The zero-order chi connectivity index (χ0) is 11.4. The van der Waals surface area contributed by atoms with Crippen LogP contribution in [0.5, 0.6) is 0 Å². The van der Waals surface area contributed by atoms with Crippen LogP contribution in [-0.4, -0.2) is 17.1 Å². The lowest BCUT2D eigenvalue weighted by molar-refractivity contribution is -0.143. The van der Waals surface area contributed by atoms with Crippen molar-refractivity contribution in [3.63, 3.8) is 0 Å². The van der Waals surface area contributed by atoms with E-state index < -0.39 is 5.97 Å². The summed E-state index contributed by atoms with van der Waals surface area (Å²) >= 11 is 0. The van der Waals surface area contributed by atoms with Crippen molar-refractivity contribution in [3.8, 4) is 0 Å². The SMILES string of the molecule is Cl.O=C(O)C1CCCCC1NCc1ccco1. The minimum Gasteiger partial charge on any atom is -0.481 e. The number of hydrogen-bond acceptors (Lipinski definition) is 3. The summed E-state index contributed by atoms with van der Waals surface area (Å²) in [7, 11) is 0. The third kappa shape index (κ3) is 3.75. The van der Waals surface area contributed by atoms with Crippen LogP contribution in [-0.2, 0) is 11.3 Å². The van der Waals surface area contributed by atoms with Crippen LogP contribution in [0.25, 0.3) is 0 Å². The second-order valence-electron chi connectivity index (χ2n) is 4.30. The second-order valence-corrected chi connectivity index (χ2v) is 4.30. The van der Waals surface area contributed by atoms with Gasteiger partial charge in [0.2, 0.25) is 0 Å². The van der Waals surface area contributed by atoms with Crippen molar-refractivity contribution < 1.29 is 14.3 Å². The molecule has 17 heavy (non-hydrogen) atoms. The van der Waals surface area contributed by atoms with Crippen molar-refractivity contribution in [1.29, 1.82) is 0 Å². The van der Waals surface area contributed by atoms with Crippen molar-refractivity contribution >= 4 is 18.4 Å². The number of aliphatic carboxylic acids is 1. The summed E-state index contributed by atoms with van der Waals surface area (Å²) < 4.78 is 5.21. The van der Waals surface area contributed by atoms with Gasteiger partial charge in [-0.1, -0.05) is 12.8 Å². The molecule has 1 saturated carbocycles. The van der Waals surface area contributed by atoms with E-state index in [-0.39, 0.29) is 24.4 Å². The molecule has 1 aliphatic carbocycles. The zero-order valence-electron chi connectivity index (χ0n) is 9.59. The van der Waals surface area contributed by atoms with Gasteiger partial charge in [-0.2, -0.15) is 0 Å². The molecule has 0 saturated heterocycles. The minimum absolute atomic E-state index is 0. The van der Waals surface area contributed by atoms with Crippen molar-refractivity contribution in [2.75, 3.05) is 0 Å². The topological polar surface area (TPSA) is 62.5 Å². The molecule has 0 radical (unpaired) electrons. The molecule has 0 aliphatic heterocycles. The van der Waals surface area contributed by atoms with Gasteiger partial charge in [-0.3, -0.25) is 4.79 Å².